The van der Waals surface area contributed by atoms with Gasteiger partial charge in [0.05, 0.1) is 5.92 Å². The second-order valence-electron chi connectivity index (χ2n) is 5.16. The van der Waals surface area contributed by atoms with E-state index >= 15 is 0 Å². The molecule has 3 aromatic rings. The Morgan fingerprint density at radius 3 is 2.86 bits per heavy atom. The molecule has 5 heteroatoms. The van der Waals surface area contributed by atoms with Crippen molar-refractivity contribution < 1.29 is 4.79 Å². The number of carbonyl (C=O) groups excluding carboxylic acids is 1. The number of thiophene rings is 1. The molecule has 0 radical (unpaired) electrons. The Labute approximate surface area is 131 Å². The average molecular weight is 312 g/mol. The average Bonchev–Trinajstić information content (AvgIpc) is 3.05. The monoisotopic (exact) mass is 312 g/mol. The number of amides is 1. The van der Waals surface area contributed by atoms with Crippen LogP contribution in [0, 0.1) is 0 Å². The van der Waals surface area contributed by atoms with E-state index in [2.05, 4.69) is 10.3 Å². The van der Waals surface area contributed by atoms with Gasteiger partial charge in [0.15, 0.2) is 0 Å². The molecular formula is C17H16N2O2S. The van der Waals surface area contributed by atoms with Gasteiger partial charge in [-0.3, -0.25) is 9.59 Å². The number of benzene rings is 1. The highest BCUT2D eigenvalue weighted by Crippen LogP contribution is 2.21. The lowest BCUT2D eigenvalue weighted by molar-refractivity contribution is -0.122. The van der Waals surface area contributed by atoms with Gasteiger partial charge in [-0.1, -0.05) is 24.3 Å². The van der Waals surface area contributed by atoms with Gasteiger partial charge >= 0.3 is 0 Å². The highest BCUT2D eigenvalue weighted by Gasteiger charge is 2.16. The number of hydrogen-bond acceptors (Lipinski definition) is 3. The maximum absolute atomic E-state index is 12.2. The van der Waals surface area contributed by atoms with E-state index in [0.29, 0.717) is 6.54 Å². The molecule has 0 spiro atoms. The smallest absolute Gasteiger partial charge is 0.248 e. The number of pyridine rings is 1. The fourth-order valence-electron chi connectivity index (χ4n) is 2.43. The first-order chi connectivity index (χ1) is 10.6. The van der Waals surface area contributed by atoms with Crippen molar-refractivity contribution in [2.75, 3.05) is 0 Å². The van der Waals surface area contributed by atoms with Gasteiger partial charge in [0.1, 0.15) is 0 Å². The minimum Gasteiger partial charge on any atom is -0.351 e. The number of rotatable bonds is 4. The molecule has 1 aromatic carbocycles. The first-order valence-electron chi connectivity index (χ1n) is 7.07. The van der Waals surface area contributed by atoms with Gasteiger partial charge in [-0.2, -0.15) is 0 Å². The van der Waals surface area contributed by atoms with Crippen molar-refractivity contribution in [3.8, 4) is 0 Å². The van der Waals surface area contributed by atoms with Crippen molar-refractivity contribution >= 4 is 28.1 Å². The van der Waals surface area contributed by atoms with Crippen molar-refractivity contribution in [3.05, 3.63) is 68.6 Å². The zero-order valence-electron chi connectivity index (χ0n) is 12.1. The number of carbonyl (C=O) groups is 1. The molecule has 3 rings (SSSR count). The van der Waals surface area contributed by atoms with E-state index in [4.69, 9.17) is 0 Å². The van der Waals surface area contributed by atoms with Crippen molar-refractivity contribution in [1.29, 1.82) is 0 Å². The Balaban J connectivity index is 1.79. The van der Waals surface area contributed by atoms with E-state index in [1.54, 1.807) is 17.4 Å². The third kappa shape index (κ3) is 2.94. The quantitative estimate of drug-likeness (QED) is 0.778. The van der Waals surface area contributed by atoms with Crippen LogP contribution in [0.25, 0.3) is 10.9 Å². The zero-order chi connectivity index (χ0) is 15.5. The number of aromatic amines is 1. The fourth-order valence-corrected chi connectivity index (χ4v) is 3.21. The predicted molar refractivity (Wildman–Crippen MR) is 89.1 cm³/mol. The van der Waals surface area contributed by atoms with Crippen LogP contribution in [0.1, 0.15) is 23.3 Å². The summed E-state index contributed by atoms with van der Waals surface area (Å²) < 4.78 is 0. The normalized spacial score (nSPS) is 12.2. The molecule has 22 heavy (non-hydrogen) atoms. The molecule has 0 bridgehead atoms. The highest BCUT2D eigenvalue weighted by atomic mass is 32.1. The van der Waals surface area contributed by atoms with E-state index in [1.165, 1.54) is 0 Å². The first-order valence-corrected chi connectivity index (χ1v) is 7.95. The molecule has 0 aliphatic rings. The molecule has 0 aliphatic heterocycles. The Kier molecular flexibility index (Phi) is 4.06. The first kappa shape index (κ1) is 14.5. The van der Waals surface area contributed by atoms with Crippen LogP contribution in [0.15, 0.2) is 52.6 Å². The second kappa shape index (κ2) is 6.15. The zero-order valence-corrected chi connectivity index (χ0v) is 12.9. The summed E-state index contributed by atoms with van der Waals surface area (Å²) in [5, 5.41) is 5.83. The molecule has 1 amide bonds. The van der Waals surface area contributed by atoms with Crippen LogP contribution < -0.4 is 10.9 Å². The topological polar surface area (TPSA) is 62.0 Å². The third-order valence-electron chi connectivity index (χ3n) is 3.65. The van der Waals surface area contributed by atoms with Crippen molar-refractivity contribution in [2.24, 2.45) is 0 Å². The standard InChI is InChI=1S/C17H16N2O2S/c1-11(15-7-4-8-22-15)17(21)18-10-12-9-16(20)19-14-6-3-2-5-13(12)14/h2-9,11H,10H2,1H3,(H,18,21)(H,19,20)/t11-/m0/s1. The van der Waals surface area contributed by atoms with Crippen LogP contribution >= 0.6 is 11.3 Å². The van der Waals surface area contributed by atoms with Crippen LogP contribution in [0.4, 0.5) is 0 Å². The highest BCUT2D eigenvalue weighted by molar-refractivity contribution is 7.10. The maximum Gasteiger partial charge on any atom is 0.248 e. The number of fused-ring (bicyclic) bond motifs is 1. The van der Waals surface area contributed by atoms with E-state index < -0.39 is 0 Å². The predicted octanol–water partition coefficient (Wildman–Crippen LogP) is 3.01. The fraction of sp³-hybridized carbons (Fsp3) is 0.176. The Bertz CT molecular complexity index is 852. The molecule has 112 valence electrons. The summed E-state index contributed by atoms with van der Waals surface area (Å²) >= 11 is 1.57. The summed E-state index contributed by atoms with van der Waals surface area (Å²) in [6.45, 7) is 2.23. The summed E-state index contributed by atoms with van der Waals surface area (Å²) in [6, 6.07) is 13.0. The second-order valence-corrected chi connectivity index (χ2v) is 6.14. The van der Waals surface area contributed by atoms with Gasteiger partial charge in [0.25, 0.3) is 0 Å². The van der Waals surface area contributed by atoms with Crippen LogP contribution in [0.2, 0.25) is 0 Å². The van der Waals surface area contributed by atoms with Crippen molar-refractivity contribution in [2.45, 2.75) is 19.4 Å². The van der Waals surface area contributed by atoms with E-state index in [0.717, 1.165) is 21.3 Å². The summed E-state index contributed by atoms with van der Waals surface area (Å²) in [5.41, 5.74) is 1.45. The van der Waals surface area contributed by atoms with E-state index in [-0.39, 0.29) is 17.4 Å². The molecule has 2 N–H and O–H groups in total. The number of aromatic nitrogens is 1. The Morgan fingerprint density at radius 1 is 1.27 bits per heavy atom. The van der Waals surface area contributed by atoms with Crippen molar-refractivity contribution in [1.82, 2.24) is 10.3 Å². The van der Waals surface area contributed by atoms with Crippen LogP contribution in [0.5, 0.6) is 0 Å². The van der Waals surface area contributed by atoms with Gasteiger partial charge < -0.3 is 10.3 Å². The van der Waals surface area contributed by atoms with Crippen LogP contribution in [-0.2, 0) is 11.3 Å². The lowest BCUT2D eigenvalue weighted by Gasteiger charge is -2.12. The van der Waals surface area contributed by atoms with Gasteiger partial charge in [-0.25, -0.2) is 0 Å². The minimum absolute atomic E-state index is 0.0354. The van der Waals surface area contributed by atoms with E-state index in [9.17, 15) is 9.59 Å². The third-order valence-corrected chi connectivity index (χ3v) is 4.71. The van der Waals surface area contributed by atoms with Gasteiger partial charge in [0.2, 0.25) is 11.5 Å². The molecule has 2 heterocycles. The van der Waals surface area contributed by atoms with Crippen LogP contribution in [0.3, 0.4) is 0 Å². The lowest BCUT2D eigenvalue weighted by Crippen LogP contribution is -2.27. The largest absolute Gasteiger partial charge is 0.351 e. The minimum atomic E-state index is -0.187. The summed E-state index contributed by atoms with van der Waals surface area (Å²) in [5.74, 6) is -0.222. The van der Waals surface area contributed by atoms with Gasteiger partial charge in [-0.05, 0) is 30.0 Å². The number of nitrogens with one attached hydrogen (secondary N) is 2. The van der Waals surface area contributed by atoms with E-state index in [1.807, 2.05) is 48.7 Å². The maximum atomic E-state index is 12.2. The number of hydrogen-bond donors (Lipinski definition) is 2. The SMILES string of the molecule is C[C@H](C(=O)NCc1cc(=O)[nH]c2ccccc12)c1cccs1. The lowest BCUT2D eigenvalue weighted by atomic mass is 10.1. The number of para-hydroxylation sites is 1. The Hall–Kier alpha value is -2.40. The molecule has 1 atom stereocenters. The molecule has 4 nitrogen and oxygen atoms in total. The summed E-state index contributed by atoms with van der Waals surface area (Å²) in [6.07, 6.45) is 0. The summed E-state index contributed by atoms with van der Waals surface area (Å²) in [4.78, 5) is 27.8. The van der Waals surface area contributed by atoms with Gasteiger partial charge in [0, 0.05) is 28.4 Å². The van der Waals surface area contributed by atoms with Crippen molar-refractivity contribution in [3.63, 3.8) is 0 Å². The number of H-pyrrole nitrogens is 1. The molecular weight excluding hydrogens is 296 g/mol. The summed E-state index contributed by atoms with van der Waals surface area (Å²) in [7, 11) is 0. The molecule has 2 aromatic heterocycles. The molecule has 0 fully saturated rings. The molecule has 0 aliphatic carbocycles. The Morgan fingerprint density at radius 2 is 2.09 bits per heavy atom. The molecule has 0 saturated heterocycles. The molecule has 0 unspecified atom stereocenters. The van der Waals surface area contributed by atoms with Gasteiger partial charge in [-0.15, -0.1) is 11.3 Å². The van der Waals surface area contributed by atoms with Crippen LogP contribution in [-0.4, -0.2) is 10.9 Å². The molecule has 0 saturated carbocycles.